The number of likely N-dealkylation sites (N-methyl/N-ethyl adjacent to an activating group) is 1. The molecule has 16 heavy (non-hydrogen) atoms. The number of benzene rings is 1. The van der Waals surface area contributed by atoms with E-state index in [1.165, 1.54) is 16.5 Å². The molecule has 0 spiro atoms. The molecule has 3 N–H and O–H groups in total. The number of nitrogens with two attached hydrogens (primary N) is 1. The molecule has 2 aromatic rings. The summed E-state index contributed by atoms with van der Waals surface area (Å²) in [4.78, 5) is 5.51. The van der Waals surface area contributed by atoms with E-state index in [1.54, 1.807) is 0 Å². The average Bonchev–Trinajstić information content (AvgIpc) is 2.61. The summed E-state index contributed by atoms with van der Waals surface area (Å²) < 4.78 is 1.11. The van der Waals surface area contributed by atoms with Gasteiger partial charge in [0.05, 0.1) is 0 Å². The number of aromatic nitrogens is 1. The number of fused-ring (bicyclic) bond motifs is 1. The van der Waals surface area contributed by atoms with Gasteiger partial charge in [-0.2, -0.15) is 0 Å². The molecule has 0 saturated heterocycles. The van der Waals surface area contributed by atoms with Crippen molar-refractivity contribution in [3.63, 3.8) is 0 Å². The van der Waals surface area contributed by atoms with Crippen LogP contribution in [-0.2, 0) is 6.54 Å². The highest BCUT2D eigenvalue weighted by Crippen LogP contribution is 2.23. The van der Waals surface area contributed by atoms with Crippen LogP contribution in [0.5, 0.6) is 0 Å². The standard InChI is InChI=1S/C12H16BrN3/c1-16(5-4-14)8-9-7-15-12-3-2-10(13)6-11(9)12/h2-3,6-7,15H,4-5,8,14H2,1H3. The fourth-order valence-electron chi connectivity index (χ4n) is 1.87. The van der Waals surface area contributed by atoms with Gasteiger partial charge in [-0.25, -0.2) is 0 Å². The Bertz CT molecular complexity index is 478. The van der Waals surface area contributed by atoms with Crippen molar-refractivity contribution in [3.8, 4) is 0 Å². The van der Waals surface area contributed by atoms with Crippen molar-refractivity contribution >= 4 is 26.8 Å². The lowest BCUT2D eigenvalue weighted by Gasteiger charge is -2.14. The predicted octanol–water partition coefficient (Wildman–Crippen LogP) is 2.32. The molecule has 3 nitrogen and oxygen atoms in total. The first-order valence-corrected chi connectivity index (χ1v) is 6.14. The van der Waals surface area contributed by atoms with Gasteiger partial charge in [-0.05, 0) is 30.8 Å². The number of rotatable bonds is 4. The normalized spacial score (nSPS) is 11.5. The Morgan fingerprint density at radius 2 is 2.25 bits per heavy atom. The van der Waals surface area contributed by atoms with Crippen LogP contribution < -0.4 is 5.73 Å². The molecule has 0 bridgehead atoms. The Labute approximate surface area is 104 Å². The molecular formula is C12H16BrN3. The molecule has 86 valence electrons. The zero-order valence-electron chi connectivity index (χ0n) is 9.33. The number of nitrogens with zero attached hydrogens (tertiary/aromatic N) is 1. The molecule has 0 amide bonds. The van der Waals surface area contributed by atoms with Crippen molar-refractivity contribution < 1.29 is 0 Å². The van der Waals surface area contributed by atoms with Crippen LogP contribution in [0.1, 0.15) is 5.56 Å². The number of nitrogens with one attached hydrogen (secondary N) is 1. The second kappa shape index (κ2) is 4.99. The molecule has 0 radical (unpaired) electrons. The van der Waals surface area contributed by atoms with Gasteiger partial charge in [-0.1, -0.05) is 15.9 Å². The van der Waals surface area contributed by atoms with E-state index in [2.05, 4.69) is 51.2 Å². The molecule has 0 fully saturated rings. The monoisotopic (exact) mass is 281 g/mol. The van der Waals surface area contributed by atoms with E-state index in [9.17, 15) is 0 Å². The molecule has 1 aromatic carbocycles. The minimum Gasteiger partial charge on any atom is -0.361 e. The highest BCUT2D eigenvalue weighted by molar-refractivity contribution is 9.10. The molecule has 2 rings (SSSR count). The summed E-state index contributed by atoms with van der Waals surface area (Å²) in [6.07, 6.45) is 2.07. The van der Waals surface area contributed by atoms with Crippen LogP contribution in [0.2, 0.25) is 0 Å². The third-order valence-electron chi connectivity index (χ3n) is 2.68. The Hall–Kier alpha value is -0.840. The maximum Gasteiger partial charge on any atom is 0.0458 e. The van der Waals surface area contributed by atoms with Crippen LogP contribution in [-0.4, -0.2) is 30.0 Å². The second-order valence-electron chi connectivity index (χ2n) is 4.03. The zero-order chi connectivity index (χ0) is 11.5. The third kappa shape index (κ3) is 2.45. The predicted molar refractivity (Wildman–Crippen MR) is 71.4 cm³/mol. The minimum absolute atomic E-state index is 0.697. The Balaban J connectivity index is 2.27. The van der Waals surface area contributed by atoms with Gasteiger partial charge in [-0.15, -0.1) is 0 Å². The third-order valence-corrected chi connectivity index (χ3v) is 3.17. The number of H-pyrrole nitrogens is 1. The van der Waals surface area contributed by atoms with Gasteiger partial charge < -0.3 is 15.6 Å². The van der Waals surface area contributed by atoms with Gasteiger partial charge in [0, 0.05) is 41.2 Å². The first-order valence-electron chi connectivity index (χ1n) is 5.35. The summed E-state index contributed by atoms with van der Waals surface area (Å²) in [5, 5.41) is 1.28. The summed E-state index contributed by atoms with van der Waals surface area (Å²) in [5.74, 6) is 0. The van der Waals surface area contributed by atoms with E-state index in [1.807, 2.05) is 6.07 Å². The number of aromatic amines is 1. The van der Waals surface area contributed by atoms with Crippen LogP contribution in [0.25, 0.3) is 10.9 Å². The van der Waals surface area contributed by atoms with Gasteiger partial charge >= 0.3 is 0 Å². The van der Waals surface area contributed by atoms with Gasteiger partial charge in [0.25, 0.3) is 0 Å². The Morgan fingerprint density at radius 1 is 1.44 bits per heavy atom. The van der Waals surface area contributed by atoms with Gasteiger partial charge in [0.2, 0.25) is 0 Å². The Kier molecular flexibility index (Phi) is 3.63. The van der Waals surface area contributed by atoms with Crippen LogP contribution in [0.4, 0.5) is 0 Å². The first-order chi connectivity index (χ1) is 7.70. The summed E-state index contributed by atoms with van der Waals surface area (Å²) in [6.45, 7) is 2.54. The number of halogens is 1. The second-order valence-corrected chi connectivity index (χ2v) is 4.95. The van der Waals surface area contributed by atoms with E-state index in [0.717, 1.165) is 17.6 Å². The fourth-order valence-corrected chi connectivity index (χ4v) is 2.23. The van der Waals surface area contributed by atoms with Gasteiger partial charge in [-0.3, -0.25) is 0 Å². The SMILES string of the molecule is CN(CCN)Cc1c[nH]c2ccc(Br)cc12. The largest absolute Gasteiger partial charge is 0.361 e. The van der Waals surface area contributed by atoms with Crippen molar-refractivity contribution in [1.29, 1.82) is 0 Å². The van der Waals surface area contributed by atoms with E-state index in [0.29, 0.717) is 6.54 Å². The minimum atomic E-state index is 0.697. The molecule has 1 heterocycles. The lowest BCUT2D eigenvalue weighted by atomic mass is 10.1. The van der Waals surface area contributed by atoms with Crippen molar-refractivity contribution in [2.45, 2.75) is 6.54 Å². The molecule has 0 atom stereocenters. The van der Waals surface area contributed by atoms with Gasteiger partial charge in [0.1, 0.15) is 0 Å². The topological polar surface area (TPSA) is 45.0 Å². The molecule has 0 unspecified atom stereocenters. The highest BCUT2D eigenvalue weighted by atomic mass is 79.9. The molecule has 0 aliphatic heterocycles. The Morgan fingerprint density at radius 3 is 3.00 bits per heavy atom. The molecule has 1 aromatic heterocycles. The molecule has 0 aliphatic carbocycles. The maximum atomic E-state index is 5.54. The summed E-state index contributed by atoms with van der Waals surface area (Å²) in [6, 6.07) is 6.29. The van der Waals surface area contributed by atoms with Crippen LogP contribution >= 0.6 is 15.9 Å². The summed E-state index contributed by atoms with van der Waals surface area (Å²) in [7, 11) is 2.09. The zero-order valence-corrected chi connectivity index (χ0v) is 10.9. The smallest absolute Gasteiger partial charge is 0.0458 e. The van der Waals surface area contributed by atoms with Crippen LogP contribution in [0.3, 0.4) is 0 Å². The quantitative estimate of drug-likeness (QED) is 0.904. The number of hydrogen-bond acceptors (Lipinski definition) is 2. The van der Waals surface area contributed by atoms with E-state index >= 15 is 0 Å². The lowest BCUT2D eigenvalue weighted by Crippen LogP contribution is -2.24. The average molecular weight is 282 g/mol. The number of hydrogen-bond donors (Lipinski definition) is 2. The summed E-state index contributed by atoms with van der Waals surface area (Å²) >= 11 is 3.50. The van der Waals surface area contributed by atoms with E-state index in [4.69, 9.17) is 5.73 Å². The van der Waals surface area contributed by atoms with E-state index in [-0.39, 0.29) is 0 Å². The molecular weight excluding hydrogens is 266 g/mol. The van der Waals surface area contributed by atoms with Crippen molar-refractivity contribution in [2.24, 2.45) is 5.73 Å². The summed E-state index contributed by atoms with van der Waals surface area (Å²) in [5.41, 5.74) is 8.03. The van der Waals surface area contributed by atoms with Crippen molar-refractivity contribution in [1.82, 2.24) is 9.88 Å². The maximum absolute atomic E-state index is 5.54. The fraction of sp³-hybridized carbons (Fsp3) is 0.333. The highest BCUT2D eigenvalue weighted by Gasteiger charge is 2.06. The van der Waals surface area contributed by atoms with Crippen LogP contribution in [0, 0.1) is 0 Å². The molecule has 0 aliphatic rings. The van der Waals surface area contributed by atoms with Crippen LogP contribution in [0.15, 0.2) is 28.9 Å². The van der Waals surface area contributed by atoms with Crippen molar-refractivity contribution in [3.05, 3.63) is 34.4 Å². The van der Waals surface area contributed by atoms with Crippen molar-refractivity contribution in [2.75, 3.05) is 20.1 Å². The lowest BCUT2D eigenvalue weighted by molar-refractivity contribution is 0.337. The first kappa shape index (κ1) is 11.6. The van der Waals surface area contributed by atoms with E-state index < -0.39 is 0 Å². The molecule has 4 heteroatoms. The van der Waals surface area contributed by atoms with Gasteiger partial charge in [0.15, 0.2) is 0 Å². The molecule has 0 saturated carbocycles.